The molecule has 0 radical (unpaired) electrons. The van der Waals surface area contributed by atoms with E-state index in [-0.39, 0.29) is 0 Å². The van der Waals surface area contributed by atoms with Crippen molar-refractivity contribution >= 4 is 71.7 Å². The lowest BCUT2D eigenvalue weighted by atomic mass is 9.99. The Morgan fingerprint density at radius 3 is 1.38 bits per heavy atom. The van der Waals surface area contributed by atoms with Crippen molar-refractivity contribution in [3.8, 4) is 44.5 Å². The molecule has 0 aliphatic rings. The minimum atomic E-state index is 0.844. The van der Waals surface area contributed by atoms with Gasteiger partial charge in [0.25, 0.3) is 0 Å². The summed E-state index contributed by atoms with van der Waals surface area (Å²) in [6, 6.07) is 79.7. The van der Waals surface area contributed by atoms with Crippen molar-refractivity contribution in [2.45, 2.75) is 0 Å². The lowest BCUT2D eigenvalue weighted by molar-refractivity contribution is 0.670. The molecule has 0 saturated carbocycles. The summed E-state index contributed by atoms with van der Waals surface area (Å²) in [5.74, 6) is 0. The van der Waals surface area contributed by atoms with Gasteiger partial charge in [0.2, 0.25) is 0 Å². The van der Waals surface area contributed by atoms with Crippen molar-refractivity contribution in [2.24, 2.45) is 0 Å². The second-order valence-electron chi connectivity index (χ2n) is 15.6. The molecule has 2 heterocycles. The van der Waals surface area contributed by atoms with Crippen LogP contribution in [0, 0.1) is 0 Å². The van der Waals surface area contributed by atoms with Crippen LogP contribution in [0.4, 0.5) is 17.1 Å². The number of nitrogens with zero attached hydrogens (tertiary/aromatic N) is 1. The van der Waals surface area contributed by atoms with Gasteiger partial charge in [-0.05, 0) is 81.1 Å². The minimum absolute atomic E-state index is 0.844. The van der Waals surface area contributed by atoms with Crippen LogP contribution in [0.15, 0.2) is 233 Å². The van der Waals surface area contributed by atoms with Gasteiger partial charge in [-0.25, -0.2) is 0 Å². The predicted molar refractivity (Wildman–Crippen MR) is 255 cm³/mol. The minimum Gasteiger partial charge on any atom is -0.455 e. The van der Waals surface area contributed by atoms with Gasteiger partial charge in [-0.2, -0.15) is 0 Å². The zero-order valence-electron chi connectivity index (χ0n) is 33.1. The maximum atomic E-state index is 6.81. The Morgan fingerprint density at radius 1 is 0.295 bits per heavy atom. The van der Waals surface area contributed by atoms with Crippen LogP contribution >= 0.6 is 0 Å². The number of fused-ring (bicyclic) bond motifs is 7. The summed E-state index contributed by atoms with van der Waals surface area (Å²) < 4.78 is 13.6. The molecule has 0 aliphatic carbocycles. The molecule has 10 aromatic carbocycles. The SMILES string of the molecule is c1ccc(-c2cccc3c2oc2c(-c4ccc(N(c5ccc(-c6ccc7ccccc7c6)cc5)c5cccc6oc7c(-c8ccccc8)cccc7c56)cc4)cccc23)cc1. The number of rotatable bonds is 7. The third kappa shape index (κ3) is 5.90. The number of hydrogen-bond donors (Lipinski definition) is 0. The molecule has 61 heavy (non-hydrogen) atoms. The molecule has 286 valence electrons. The number of furan rings is 2. The van der Waals surface area contributed by atoms with E-state index in [9.17, 15) is 0 Å². The molecule has 0 aliphatic heterocycles. The van der Waals surface area contributed by atoms with Gasteiger partial charge >= 0.3 is 0 Å². The summed E-state index contributed by atoms with van der Waals surface area (Å²) in [6.45, 7) is 0. The average Bonchev–Trinajstić information content (AvgIpc) is 3.92. The van der Waals surface area contributed by atoms with E-state index in [1.807, 2.05) is 12.1 Å². The Hall–Kier alpha value is -8.14. The Kier molecular flexibility index (Phi) is 8.17. The maximum absolute atomic E-state index is 6.81. The molecule has 0 fully saturated rings. The van der Waals surface area contributed by atoms with E-state index >= 15 is 0 Å². The van der Waals surface area contributed by atoms with E-state index in [1.54, 1.807) is 0 Å². The highest BCUT2D eigenvalue weighted by molar-refractivity contribution is 6.16. The first-order valence-corrected chi connectivity index (χ1v) is 20.7. The van der Waals surface area contributed by atoms with Crippen molar-refractivity contribution in [3.05, 3.63) is 224 Å². The van der Waals surface area contributed by atoms with Crippen molar-refractivity contribution in [2.75, 3.05) is 4.90 Å². The lowest BCUT2D eigenvalue weighted by Gasteiger charge is -2.26. The average molecular weight is 780 g/mol. The Labute approximate surface area is 353 Å². The molecule has 0 N–H and O–H groups in total. The van der Waals surface area contributed by atoms with Gasteiger partial charge in [0.05, 0.1) is 11.1 Å². The predicted octanol–water partition coefficient (Wildman–Crippen LogP) is 16.8. The summed E-state index contributed by atoms with van der Waals surface area (Å²) >= 11 is 0. The van der Waals surface area contributed by atoms with E-state index in [0.717, 1.165) is 94.3 Å². The first-order valence-electron chi connectivity index (χ1n) is 20.7. The number of para-hydroxylation sites is 3. The van der Waals surface area contributed by atoms with Gasteiger partial charge in [-0.15, -0.1) is 0 Å². The zero-order valence-corrected chi connectivity index (χ0v) is 33.1. The van der Waals surface area contributed by atoms with Crippen molar-refractivity contribution in [3.63, 3.8) is 0 Å². The fourth-order valence-corrected chi connectivity index (χ4v) is 9.14. The summed E-state index contributed by atoms with van der Waals surface area (Å²) in [5.41, 5.74) is 15.6. The largest absolute Gasteiger partial charge is 0.455 e. The topological polar surface area (TPSA) is 29.5 Å². The fourth-order valence-electron chi connectivity index (χ4n) is 9.14. The van der Waals surface area contributed by atoms with Crippen LogP contribution in [0.2, 0.25) is 0 Å². The Morgan fingerprint density at radius 2 is 0.770 bits per heavy atom. The molecule has 0 unspecified atom stereocenters. The van der Waals surface area contributed by atoms with E-state index in [1.165, 1.54) is 21.9 Å². The second-order valence-corrected chi connectivity index (χ2v) is 15.6. The fraction of sp³-hybridized carbons (Fsp3) is 0. The Bertz CT molecular complexity index is 3560. The highest BCUT2D eigenvalue weighted by atomic mass is 16.3. The third-order valence-corrected chi connectivity index (χ3v) is 12.1. The van der Waals surface area contributed by atoms with E-state index in [0.29, 0.717) is 0 Å². The van der Waals surface area contributed by atoms with Crippen LogP contribution < -0.4 is 4.90 Å². The van der Waals surface area contributed by atoms with Gasteiger partial charge in [0.1, 0.15) is 22.3 Å². The van der Waals surface area contributed by atoms with Gasteiger partial charge < -0.3 is 13.7 Å². The molecule has 0 spiro atoms. The monoisotopic (exact) mass is 779 g/mol. The van der Waals surface area contributed by atoms with Crippen molar-refractivity contribution in [1.82, 2.24) is 0 Å². The molecule has 3 heteroatoms. The normalized spacial score (nSPS) is 11.6. The molecule has 12 rings (SSSR count). The highest BCUT2D eigenvalue weighted by Gasteiger charge is 2.22. The van der Waals surface area contributed by atoms with Crippen LogP contribution in [0.3, 0.4) is 0 Å². The maximum Gasteiger partial charge on any atom is 0.143 e. The van der Waals surface area contributed by atoms with Crippen LogP contribution in [0.5, 0.6) is 0 Å². The van der Waals surface area contributed by atoms with E-state index < -0.39 is 0 Å². The molecule has 0 bridgehead atoms. The third-order valence-electron chi connectivity index (χ3n) is 12.1. The smallest absolute Gasteiger partial charge is 0.143 e. The number of anilines is 3. The van der Waals surface area contributed by atoms with E-state index in [2.05, 4.69) is 217 Å². The molecule has 3 nitrogen and oxygen atoms in total. The molecule has 0 saturated heterocycles. The summed E-state index contributed by atoms with van der Waals surface area (Å²) in [6.07, 6.45) is 0. The van der Waals surface area contributed by atoms with Crippen LogP contribution in [0.1, 0.15) is 0 Å². The molecule has 0 atom stereocenters. The summed E-state index contributed by atoms with van der Waals surface area (Å²) in [5, 5.41) is 6.84. The zero-order chi connectivity index (χ0) is 40.3. The van der Waals surface area contributed by atoms with Gasteiger partial charge in [-0.3, -0.25) is 0 Å². The second kappa shape index (κ2) is 14.3. The molecule has 2 aromatic heterocycles. The van der Waals surface area contributed by atoms with Crippen LogP contribution in [-0.2, 0) is 0 Å². The van der Waals surface area contributed by atoms with Crippen LogP contribution in [0.25, 0.3) is 99.2 Å². The summed E-state index contributed by atoms with van der Waals surface area (Å²) in [7, 11) is 0. The molecular weight excluding hydrogens is 743 g/mol. The van der Waals surface area contributed by atoms with Crippen molar-refractivity contribution < 1.29 is 8.83 Å². The molecule has 0 amide bonds. The van der Waals surface area contributed by atoms with Crippen molar-refractivity contribution in [1.29, 1.82) is 0 Å². The number of benzene rings is 10. The first kappa shape index (κ1) is 34.9. The highest BCUT2D eigenvalue weighted by Crippen LogP contribution is 2.46. The van der Waals surface area contributed by atoms with E-state index in [4.69, 9.17) is 8.83 Å². The molecule has 12 aromatic rings. The Balaban J connectivity index is 1.01. The quantitative estimate of drug-likeness (QED) is 0.161. The van der Waals surface area contributed by atoms with Gasteiger partial charge in [0, 0.05) is 44.2 Å². The van der Waals surface area contributed by atoms with Crippen LogP contribution in [-0.4, -0.2) is 0 Å². The summed E-state index contributed by atoms with van der Waals surface area (Å²) in [4.78, 5) is 2.36. The standard InChI is InChI=1S/C58H37NO2/c1-3-14-40(15-4-1)47-19-9-22-50-51-23-10-20-49(57(51)61-56(47)50)42-31-35-46(36-32-42)59(45-33-29-39(30-34-45)44-28-27-38-13-7-8-18-43(38)37-44)53-25-12-26-54-55(53)52-24-11-21-48(58(52)60-54)41-16-5-2-6-17-41/h1-37H. The van der Waals surface area contributed by atoms with Gasteiger partial charge in [-0.1, -0.05) is 182 Å². The van der Waals surface area contributed by atoms with Gasteiger partial charge in [0.15, 0.2) is 0 Å². The molecular formula is C58H37NO2. The first-order chi connectivity index (χ1) is 30.2. The number of hydrogen-bond acceptors (Lipinski definition) is 3. The lowest BCUT2D eigenvalue weighted by Crippen LogP contribution is -2.10.